The van der Waals surface area contributed by atoms with Crippen LogP contribution in [0.2, 0.25) is 5.02 Å². The van der Waals surface area contributed by atoms with Gasteiger partial charge in [0.2, 0.25) is 0 Å². The highest BCUT2D eigenvalue weighted by Crippen LogP contribution is 2.31. The van der Waals surface area contributed by atoms with Crippen LogP contribution in [0.3, 0.4) is 0 Å². The Labute approximate surface area is 152 Å². The molecular formula is C19H21ClN2O3. The molecule has 0 amide bonds. The van der Waals surface area contributed by atoms with Crippen molar-refractivity contribution >= 4 is 23.4 Å². The number of morpholine rings is 1. The topological polar surface area (TPSA) is 51.7 Å². The Balaban J connectivity index is 1.85. The van der Waals surface area contributed by atoms with Gasteiger partial charge in [0.1, 0.15) is 17.5 Å². The van der Waals surface area contributed by atoms with Crippen molar-refractivity contribution in [2.24, 2.45) is 0 Å². The second-order valence-electron chi connectivity index (χ2n) is 6.16. The molecule has 1 aromatic heterocycles. The van der Waals surface area contributed by atoms with E-state index in [2.05, 4.69) is 9.88 Å². The summed E-state index contributed by atoms with van der Waals surface area (Å²) in [5, 5.41) is 0.676. The molecule has 0 N–H and O–H groups in total. The Morgan fingerprint density at radius 3 is 2.88 bits per heavy atom. The molecule has 132 valence electrons. The molecule has 1 aliphatic heterocycles. The molecule has 1 saturated heterocycles. The van der Waals surface area contributed by atoms with Crippen molar-refractivity contribution in [3.8, 4) is 0 Å². The highest BCUT2D eigenvalue weighted by Gasteiger charge is 2.27. The lowest BCUT2D eigenvalue weighted by atomic mass is 10.1. The minimum Gasteiger partial charge on any atom is -0.459 e. The number of carbonyl (C=O) groups excluding carboxylic acids is 1. The van der Waals surface area contributed by atoms with Crippen LogP contribution in [-0.2, 0) is 9.47 Å². The molecule has 25 heavy (non-hydrogen) atoms. The van der Waals surface area contributed by atoms with Crippen molar-refractivity contribution in [2.75, 3.05) is 24.6 Å². The predicted molar refractivity (Wildman–Crippen MR) is 97.1 cm³/mol. The zero-order chi connectivity index (χ0) is 17.8. The SMILES string of the molecule is CC(C)OC(=O)c1cccnc1N1CCOC(c2ccccc2Cl)C1. The first-order chi connectivity index (χ1) is 12.1. The van der Waals surface area contributed by atoms with E-state index in [1.807, 2.05) is 38.1 Å². The molecule has 0 saturated carbocycles. The standard InChI is InChI=1S/C19H21ClN2O3/c1-13(2)25-19(23)15-7-5-9-21-18(15)22-10-11-24-17(12-22)14-6-3-4-8-16(14)20/h3-9,13,17H,10-12H2,1-2H3. The van der Waals surface area contributed by atoms with Crippen molar-refractivity contribution in [1.29, 1.82) is 0 Å². The van der Waals surface area contributed by atoms with Gasteiger partial charge in [-0.05, 0) is 32.0 Å². The van der Waals surface area contributed by atoms with Gasteiger partial charge >= 0.3 is 5.97 Å². The third-order valence-corrected chi connectivity index (χ3v) is 4.31. The van der Waals surface area contributed by atoms with E-state index in [9.17, 15) is 4.79 Å². The van der Waals surface area contributed by atoms with Crippen molar-refractivity contribution in [3.05, 3.63) is 58.7 Å². The average molecular weight is 361 g/mol. The Kier molecular flexibility index (Phi) is 5.56. The first-order valence-electron chi connectivity index (χ1n) is 8.33. The van der Waals surface area contributed by atoms with Gasteiger partial charge in [-0.25, -0.2) is 9.78 Å². The smallest absolute Gasteiger partial charge is 0.342 e. The molecule has 0 spiro atoms. The highest BCUT2D eigenvalue weighted by molar-refractivity contribution is 6.31. The molecule has 3 rings (SSSR count). The van der Waals surface area contributed by atoms with E-state index in [4.69, 9.17) is 21.1 Å². The van der Waals surface area contributed by atoms with Crippen LogP contribution in [0, 0.1) is 0 Å². The van der Waals surface area contributed by atoms with Gasteiger partial charge in [0, 0.05) is 29.9 Å². The van der Waals surface area contributed by atoms with Gasteiger partial charge < -0.3 is 14.4 Å². The molecule has 5 nitrogen and oxygen atoms in total. The number of nitrogens with zero attached hydrogens (tertiary/aromatic N) is 2. The monoisotopic (exact) mass is 360 g/mol. The number of benzene rings is 1. The van der Waals surface area contributed by atoms with Crippen molar-refractivity contribution < 1.29 is 14.3 Å². The molecule has 0 bridgehead atoms. The molecule has 0 aliphatic carbocycles. The van der Waals surface area contributed by atoms with E-state index >= 15 is 0 Å². The average Bonchev–Trinajstić information content (AvgIpc) is 2.62. The van der Waals surface area contributed by atoms with Crippen molar-refractivity contribution in [3.63, 3.8) is 0 Å². The molecule has 1 unspecified atom stereocenters. The van der Waals surface area contributed by atoms with Crippen LogP contribution in [0.15, 0.2) is 42.6 Å². The number of halogens is 1. The number of hydrogen-bond donors (Lipinski definition) is 0. The number of anilines is 1. The zero-order valence-electron chi connectivity index (χ0n) is 14.3. The number of rotatable bonds is 4. The van der Waals surface area contributed by atoms with Crippen LogP contribution in [0.25, 0.3) is 0 Å². The minimum absolute atomic E-state index is 0.168. The number of pyridine rings is 1. The van der Waals surface area contributed by atoms with E-state index in [0.29, 0.717) is 36.1 Å². The summed E-state index contributed by atoms with van der Waals surface area (Å²) in [6.07, 6.45) is 1.33. The second kappa shape index (κ2) is 7.85. The maximum Gasteiger partial charge on any atom is 0.342 e. The first kappa shape index (κ1) is 17.7. The van der Waals surface area contributed by atoms with E-state index in [1.54, 1.807) is 18.3 Å². The molecular weight excluding hydrogens is 340 g/mol. The van der Waals surface area contributed by atoms with Gasteiger partial charge in [0.05, 0.1) is 12.7 Å². The Morgan fingerprint density at radius 2 is 2.12 bits per heavy atom. The third kappa shape index (κ3) is 4.11. The molecule has 2 aromatic rings. The Morgan fingerprint density at radius 1 is 1.32 bits per heavy atom. The second-order valence-corrected chi connectivity index (χ2v) is 6.56. The number of esters is 1. The fraction of sp³-hybridized carbons (Fsp3) is 0.368. The quantitative estimate of drug-likeness (QED) is 0.774. The molecule has 1 atom stereocenters. The maximum atomic E-state index is 12.4. The molecule has 2 heterocycles. The summed E-state index contributed by atoms with van der Waals surface area (Å²) in [7, 11) is 0. The lowest BCUT2D eigenvalue weighted by Crippen LogP contribution is -2.39. The number of carbonyl (C=O) groups is 1. The maximum absolute atomic E-state index is 12.4. The van der Waals surface area contributed by atoms with Gasteiger partial charge in [-0.2, -0.15) is 0 Å². The van der Waals surface area contributed by atoms with Crippen molar-refractivity contribution in [1.82, 2.24) is 4.98 Å². The predicted octanol–water partition coefficient (Wildman–Crippen LogP) is 3.88. The summed E-state index contributed by atoms with van der Waals surface area (Å²) in [5.41, 5.74) is 1.41. The summed E-state index contributed by atoms with van der Waals surface area (Å²) in [6.45, 7) is 5.42. The summed E-state index contributed by atoms with van der Waals surface area (Å²) in [5.74, 6) is 0.257. The molecule has 1 aromatic carbocycles. The third-order valence-electron chi connectivity index (χ3n) is 3.97. The van der Waals surface area contributed by atoms with Gasteiger partial charge in [-0.3, -0.25) is 0 Å². The van der Waals surface area contributed by atoms with E-state index in [-0.39, 0.29) is 18.2 Å². The molecule has 1 aliphatic rings. The first-order valence-corrected chi connectivity index (χ1v) is 8.71. The summed E-state index contributed by atoms with van der Waals surface area (Å²) in [4.78, 5) is 18.9. The molecule has 6 heteroatoms. The van der Waals surface area contributed by atoms with E-state index in [1.165, 1.54) is 0 Å². The fourth-order valence-corrected chi connectivity index (χ4v) is 3.11. The van der Waals surface area contributed by atoms with Crippen LogP contribution in [-0.4, -0.2) is 36.8 Å². The van der Waals surface area contributed by atoms with Crippen LogP contribution in [0.4, 0.5) is 5.82 Å². The zero-order valence-corrected chi connectivity index (χ0v) is 15.1. The van der Waals surface area contributed by atoms with Gasteiger partial charge in [-0.1, -0.05) is 29.8 Å². The normalized spacial score (nSPS) is 17.6. The number of hydrogen-bond acceptors (Lipinski definition) is 5. The van der Waals surface area contributed by atoms with Gasteiger partial charge in [0.25, 0.3) is 0 Å². The largest absolute Gasteiger partial charge is 0.459 e. The lowest BCUT2D eigenvalue weighted by molar-refractivity contribution is 0.0357. The summed E-state index contributed by atoms with van der Waals surface area (Å²) >= 11 is 6.30. The molecule has 0 radical (unpaired) electrons. The van der Waals surface area contributed by atoms with E-state index in [0.717, 1.165) is 5.56 Å². The molecule has 1 fully saturated rings. The minimum atomic E-state index is -0.362. The lowest BCUT2D eigenvalue weighted by Gasteiger charge is -2.35. The summed E-state index contributed by atoms with van der Waals surface area (Å²) in [6, 6.07) is 11.1. The number of aromatic nitrogens is 1. The van der Waals surface area contributed by atoms with Gasteiger partial charge in [0.15, 0.2) is 0 Å². The van der Waals surface area contributed by atoms with Crippen LogP contribution in [0.1, 0.15) is 35.9 Å². The van der Waals surface area contributed by atoms with E-state index < -0.39 is 0 Å². The van der Waals surface area contributed by atoms with Crippen molar-refractivity contribution in [2.45, 2.75) is 26.1 Å². The highest BCUT2D eigenvalue weighted by atomic mass is 35.5. The Hall–Kier alpha value is -2.11. The Bertz CT molecular complexity index is 751. The van der Waals surface area contributed by atoms with Crippen LogP contribution < -0.4 is 4.90 Å². The van der Waals surface area contributed by atoms with Crippen LogP contribution >= 0.6 is 11.6 Å². The van der Waals surface area contributed by atoms with Gasteiger partial charge in [-0.15, -0.1) is 0 Å². The fourth-order valence-electron chi connectivity index (χ4n) is 2.85. The summed E-state index contributed by atoms with van der Waals surface area (Å²) < 4.78 is 11.2. The number of ether oxygens (including phenoxy) is 2. The van der Waals surface area contributed by atoms with Crippen LogP contribution in [0.5, 0.6) is 0 Å².